The van der Waals surface area contributed by atoms with E-state index in [2.05, 4.69) is 10.3 Å². The average molecular weight is 359 g/mol. The highest BCUT2D eigenvalue weighted by atomic mass is 16.2. The van der Waals surface area contributed by atoms with Gasteiger partial charge in [0, 0.05) is 13.2 Å². The summed E-state index contributed by atoms with van der Waals surface area (Å²) in [4.78, 5) is 19.0. The molecule has 0 bridgehead atoms. The van der Waals surface area contributed by atoms with Gasteiger partial charge in [0.1, 0.15) is 0 Å². The fourth-order valence-electron chi connectivity index (χ4n) is 3.07. The molecule has 4 heteroatoms. The van der Waals surface area contributed by atoms with E-state index in [0.717, 1.165) is 16.8 Å². The molecule has 0 spiro atoms. The molecule has 138 valence electrons. The minimum Gasteiger partial charge on any atom is -0.338 e. The van der Waals surface area contributed by atoms with Crippen LogP contribution in [0.3, 0.4) is 0 Å². The average Bonchev–Trinajstić information content (AvgIpc) is 2.75. The molecular weight excluding hydrogens is 334 g/mol. The van der Waals surface area contributed by atoms with Gasteiger partial charge in [-0.2, -0.15) is 0 Å². The maximum absolute atomic E-state index is 12.8. The molecule has 2 aromatic carbocycles. The lowest BCUT2D eigenvalue weighted by Gasteiger charge is -2.27. The predicted octanol–water partition coefficient (Wildman–Crippen LogP) is 3.98. The molecule has 0 saturated heterocycles. The summed E-state index contributed by atoms with van der Waals surface area (Å²) >= 11 is 0. The van der Waals surface area contributed by atoms with E-state index in [4.69, 9.17) is 0 Å². The standard InChI is InChI=1S/C23H25N3O/c1-18(19-11-5-3-6-12-19)26(2)22(27)17-25-23(20-13-7-4-8-14-20)21-15-9-10-16-24-21/h3-16,18,23,25H,17H2,1-2H3. The number of hydrogen-bond donors (Lipinski definition) is 1. The van der Waals surface area contributed by atoms with Crippen LogP contribution in [0.4, 0.5) is 0 Å². The Hall–Kier alpha value is -2.98. The number of pyridine rings is 1. The van der Waals surface area contributed by atoms with E-state index in [0.29, 0.717) is 0 Å². The smallest absolute Gasteiger partial charge is 0.236 e. The largest absolute Gasteiger partial charge is 0.338 e. The molecule has 3 aromatic rings. The molecule has 2 atom stereocenters. The fourth-order valence-corrected chi connectivity index (χ4v) is 3.07. The predicted molar refractivity (Wildman–Crippen MR) is 108 cm³/mol. The highest BCUT2D eigenvalue weighted by Gasteiger charge is 2.20. The van der Waals surface area contributed by atoms with Crippen LogP contribution < -0.4 is 5.32 Å². The van der Waals surface area contributed by atoms with Crippen molar-refractivity contribution >= 4 is 5.91 Å². The lowest BCUT2D eigenvalue weighted by molar-refractivity contribution is -0.130. The summed E-state index contributed by atoms with van der Waals surface area (Å²) in [6.45, 7) is 2.28. The van der Waals surface area contributed by atoms with Crippen molar-refractivity contribution in [3.05, 3.63) is 102 Å². The number of benzene rings is 2. The van der Waals surface area contributed by atoms with Crippen LogP contribution in [-0.4, -0.2) is 29.4 Å². The van der Waals surface area contributed by atoms with E-state index in [1.807, 2.05) is 92.8 Å². The first-order valence-electron chi connectivity index (χ1n) is 9.16. The number of nitrogens with one attached hydrogen (secondary N) is 1. The van der Waals surface area contributed by atoms with Gasteiger partial charge >= 0.3 is 0 Å². The molecule has 0 radical (unpaired) electrons. The summed E-state index contributed by atoms with van der Waals surface area (Å²) in [6.07, 6.45) is 1.78. The minimum absolute atomic E-state index is 0.0190. The zero-order valence-electron chi connectivity index (χ0n) is 15.7. The Labute approximate surface area is 160 Å². The van der Waals surface area contributed by atoms with Crippen molar-refractivity contribution in [2.45, 2.75) is 19.0 Å². The lowest BCUT2D eigenvalue weighted by Crippen LogP contribution is -2.38. The second-order valence-corrected chi connectivity index (χ2v) is 6.57. The topological polar surface area (TPSA) is 45.2 Å². The SMILES string of the molecule is CC(c1ccccc1)N(C)C(=O)CNC(c1ccccc1)c1ccccn1. The molecule has 0 aliphatic rings. The van der Waals surface area contributed by atoms with Crippen LogP contribution in [-0.2, 0) is 4.79 Å². The first-order valence-corrected chi connectivity index (χ1v) is 9.16. The number of carbonyl (C=O) groups excluding carboxylic acids is 1. The number of carbonyl (C=O) groups is 1. The molecule has 0 aliphatic carbocycles. The number of rotatable bonds is 7. The van der Waals surface area contributed by atoms with Crippen LogP contribution in [0.1, 0.15) is 35.8 Å². The van der Waals surface area contributed by atoms with Crippen LogP contribution in [0.25, 0.3) is 0 Å². The number of nitrogens with zero attached hydrogens (tertiary/aromatic N) is 2. The maximum atomic E-state index is 12.8. The highest BCUT2D eigenvalue weighted by Crippen LogP contribution is 2.21. The van der Waals surface area contributed by atoms with E-state index in [9.17, 15) is 4.79 Å². The third-order valence-corrected chi connectivity index (χ3v) is 4.83. The molecule has 0 aliphatic heterocycles. The third kappa shape index (κ3) is 4.80. The van der Waals surface area contributed by atoms with Gasteiger partial charge in [0.15, 0.2) is 0 Å². The van der Waals surface area contributed by atoms with Crippen LogP contribution in [0.2, 0.25) is 0 Å². The van der Waals surface area contributed by atoms with Gasteiger partial charge in [-0.1, -0.05) is 66.7 Å². The molecule has 1 heterocycles. The first-order chi connectivity index (χ1) is 13.2. The Balaban J connectivity index is 1.71. The number of likely N-dealkylation sites (N-methyl/N-ethyl adjacent to an activating group) is 1. The highest BCUT2D eigenvalue weighted by molar-refractivity contribution is 5.78. The van der Waals surface area contributed by atoms with E-state index in [-0.39, 0.29) is 24.5 Å². The van der Waals surface area contributed by atoms with E-state index < -0.39 is 0 Å². The van der Waals surface area contributed by atoms with E-state index >= 15 is 0 Å². The molecule has 27 heavy (non-hydrogen) atoms. The second kappa shape index (κ2) is 9.10. The zero-order chi connectivity index (χ0) is 19.1. The number of aromatic nitrogens is 1. The van der Waals surface area contributed by atoms with Crippen LogP contribution in [0.5, 0.6) is 0 Å². The quantitative estimate of drug-likeness (QED) is 0.694. The third-order valence-electron chi connectivity index (χ3n) is 4.83. The first kappa shape index (κ1) is 18.8. The molecule has 1 amide bonds. The van der Waals surface area contributed by atoms with Crippen molar-refractivity contribution in [2.24, 2.45) is 0 Å². The van der Waals surface area contributed by atoms with E-state index in [1.165, 1.54) is 0 Å². The Morgan fingerprint density at radius 3 is 2.11 bits per heavy atom. The van der Waals surface area contributed by atoms with Crippen molar-refractivity contribution < 1.29 is 4.79 Å². The van der Waals surface area contributed by atoms with Crippen molar-refractivity contribution in [1.82, 2.24) is 15.2 Å². The van der Waals surface area contributed by atoms with E-state index in [1.54, 1.807) is 11.1 Å². The summed E-state index contributed by atoms with van der Waals surface area (Å²) in [6, 6.07) is 25.9. The number of hydrogen-bond acceptors (Lipinski definition) is 3. The summed E-state index contributed by atoms with van der Waals surface area (Å²) in [5, 5.41) is 3.39. The molecule has 1 aromatic heterocycles. The van der Waals surface area contributed by atoms with Crippen molar-refractivity contribution in [3.63, 3.8) is 0 Å². The maximum Gasteiger partial charge on any atom is 0.236 e. The number of amides is 1. The van der Waals surface area contributed by atoms with Gasteiger partial charge in [-0.15, -0.1) is 0 Å². The molecule has 0 fully saturated rings. The second-order valence-electron chi connectivity index (χ2n) is 6.57. The molecule has 4 nitrogen and oxygen atoms in total. The van der Waals surface area contributed by atoms with Gasteiger partial charge in [0.2, 0.25) is 5.91 Å². The summed E-state index contributed by atoms with van der Waals surface area (Å²) in [7, 11) is 1.85. The lowest BCUT2D eigenvalue weighted by atomic mass is 10.0. The normalized spacial score (nSPS) is 13.0. The summed E-state index contributed by atoms with van der Waals surface area (Å²) < 4.78 is 0. The van der Waals surface area contributed by atoms with Gasteiger partial charge in [-0.25, -0.2) is 0 Å². The van der Waals surface area contributed by atoms with Gasteiger partial charge in [0.25, 0.3) is 0 Å². The van der Waals surface area contributed by atoms with Crippen LogP contribution in [0.15, 0.2) is 85.1 Å². The Morgan fingerprint density at radius 1 is 0.926 bits per heavy atom. The Bertz CT molecular complexity index is 798. The summed E-state index contributed by atoms with van der Waals surface area (Å²) in [5.41, 5.74) is 3.11. The van der Waals surface area contributed by atoms with Gasteiger partial charge in [0.05, 0.1) is 24.3 Å². The monoisotopic (exact) mass is 359 g/mol. The molecule has 2 unspecified atom stereocenters. The summed E-state index contributed by atoms with van der Waals surface area (Å²) in [5.74, 6) is 0.0446. The molecular formula is C23H25N3O. The Morgan fingerprint density at radius 2 is 1.52 bits per heavy atom. The minimum atomic E-state index is -0.128. The van der Waals surface area contributed by atoms with Gasteiger partial charge in [-0.3, -0.25) is 15.1 Å². The fraction of sp³-hybridized carbons (Fsp3) is 0.217. The van der Waals surface area contributed by atoms with Crippen molar-refractivity contribution in [1.29, 1.82) is 0 Å². The molecule has 1 N–H and O–H groups in total. The Kier molecular flexibility index (Phi) is 6.34. The van der Waals surface area contributed by atoms with Crippen LogP contribution in [0, 0.1) is 0 Å². The van der Waals surface area contributed by atoms with Crippen molar-refractivity contribution in [2.75, 3.05) is 13.6 Å². The zero-order valence-corrected chi connectivity index (χ0v) is 15.7. The van der Waals surface area contributed by atoms with Crippen LogP contribution >= 0.6 is 0 Å². The van der Waals surface area contributed by atoms with Gasteiger partial charge < -0.3 is 4.90 Å². The van der Waals surface area contributed by atoms with Gasteiger partial charge in [-0.05, 0) is 30.2 Å². The molecule has 0 saturated carbocycles. The molecule has 3 rings (SSSR count). The van der Waals surface area contributed by atoms with Crippen molar-refractivity contribution in [3.8, 4) is 0 Å².